The summed E-state index contributed by atoms with van der Waals surface area (Å²) in [6.07, 6.45) is 0.309. The van der Waals surface area contributed by atoms with Crippen LogP contribution < -0.4 is 0 Å². The summed E-state index contributed by atoms with van der Waals surface area (Å²) in [4.78, 5) is 21.4. The summed E-state index contributed by atoms with van der Waals surface area (Å²) < 4.78 is 4.99. The molecule has 1 atom stereocenters. The summed E-state index contributed by atoms with van der Waals surface area (Å²) in [5.74, 6) is -2.95. The van der Waals surface area contributed by atoms with Crippen LogP contribution in [0.5, 0.6) is 0 Å². The molecule has 5 heteroatoms. The summed E-state index contributed by atoms with van der Waals surface area (Å²) in [6, 6.07) is 0. The molecule has 0 aromatic rings. The molecule has 0 bridgehead atoms. The summed E-state index contributed by atoms with van der Waals surface area (Å²) in [5, 5.41) is 17.5. The number of hydrogen-bond acceptors (Lipinski definition) is 3. The Hall–Kier alpha value is -1.10. The van der Waals surface area contributed by atoms with E-state index < -0.39 is 23.3 Å². The highest BCUT2D eigenvalue weighted by Gasteiger charge is 2.48. The van der Waals surface area contributed by atoms with Gasteiger partial charge in [0.25, 0.3) is 0 Å². The predicted molar refractivity (Wildman–Crippen MR) is 46.9 cm³/mol. The second-order valence-electron chi connectivity index (χ2n) is 3.70. The summed E-state index contributed by atoms with van der Waals surface area (Å²) >= 11 is 0. The molecule has 1 aliphatic heterocycles. The quantitative estimate of drug-likeness (QED) is 0.681. The third-order valence-corrected chi connectivity index (χ3v) is 2.90. The normalized spacial score (nSPS) is 20.9. The lowest BCUT2D eigenvalue weighted by Gasteiger charge is -2.44. The third-order valence-electron chi connectivity index (χ3n) is 2.90. The van der Waals surface area contributed by atoms with E-state index in [4.69, 9.17) is 14.9 Å². The number of carbonyl (C=O) groups is 2. The largest absolute Gasteiger partial charge is 0.481 e. The van der Waals surface area contributed by atoms with E-state index in [0.29, 0.717) is 19.6 Å². The molecule has 1 rings (SSSR count). The van der Waals surface area contributed by atoms with Crippen LogP contribution in [0.1, 0.15) is 19.8 Å². The Bertz CT molecular complexity index is 238. The first-order valence-electron chi connectivity index (χ1n) is 4.54. The third kappa shape index (κ3) is 1.87. The van der Waals surface area contributed by atoms with Crippen molar-refractivity contribution in [1.29, 1.82) is 0 Å². The summed E-state index contributed by atoms with van der Waals surface area (Å²) in [6.45, 7) is 2.57. The van der Waals surface area contributed by atoms with E-state index in [-0.39, 0.29) is 6.42 Å². The van der Waals surface area contributed by atoms with Crippen LogP contribution in [-0.2, 0) is 14.3 Å². The number of ether oxygens (including phenoxy) is 1. The standard InChI is InChI=1S/C9H14O5/c1-2-9(4-14-5-9)6(8(12)13)3-7(10)11/h6H,2-5H2,1H3,(H,10,11)(H,12,13). The fraction of sp³-hybridized carbons (Fsp3) is 0.778. The van der Waals surface area contributed by atoms with E-state index in [1.54, 1.807) is 0 Å². The van der Waals surface area contributed by atoms with Crippen LogP contribution >= 0.6 is 0 Å². The van der Waals surface area contributed by atoms with Crippen LogP contribution in [0.3, 0.4) is 0 Å². The van der Waals surface area contributed by atoms with Gasteiger partial charge in [-0.1, -0.05) is 6.92 Å². The van der Waals surface area contributed by atoms with Gasteiger partial charge in [0, 0.05) is 5.41 Å². The Kier molecular flexibility index (Phi) is 3.10. The van der Waals surface area contributed by atoms with Crippen molar-refractivity contribution in [2.45, 2.75) is 19.8 Å². The summed E-state index contributed by atoms with van der Waals surface area (Å²) in [7, 11) is 0. The molecule has 0 aromatic carbocycles. The van der Waals surface area contributed by atoms with E-state index in [2.05, 4.69) is 0 Å². The van der Waals surface area contributed by atoms with Crippen molar-refractivity contribution in [2.75, 3.05) is 13.2 Å². The first kappa shape index (κ1) is 11.0. The molecule has 0 radical (unpaired) electrons. The van der Waals surface area contributed by atoms with Gasteiger partial charge >= 0.3 is 11.9 Å². The minimum Gasteiger partial charge on any atom is -0.481 e. The Labute approximate surface area is 81.7 Å². The molecule has 1 fully saturated rings. The fourth-order valence-corrected chi connectivity index (χ4v) is 1.76. The molecule has 1 saturated heterocycles. The highest BCUT2D eigenvalue weighted by atomic mass is 16.5. The van der Waals surface area contributed by atoms with Gasteiger partial charge in [-0.05, 0) is 6.42 Å². The van der Waals surface area contributed by atoms with Crippen molar-refractivity contribution >= 4 is 11.9 Å². The maximum atomic E-state index is 10.9. The topological polar surface area (TPSA) is 83.8 Å². The maximum Gasteiger partial charge on any atom is 0.307 e. The van der Waals surface area contributed by atoms with Crippen molar-refractivity contribution < 1.29 is 24.5 Å². The molecular weight excluding hydrogens is 188 g/mol. The first-order chi connectivity index (χ1) is 6.52. The van der Waals surface area contributed by atoms with Gasteiger partial charge in [-0.15, -0.1) is 0 Å². The minimum absolute atomic E-state index is 0.327. The molecular formula is C9H14O5. The van der Waals surface area contributed by atoms with Crippen LogP contribution in [0.2, 0.25) is 0 Å². The fourth-order valence-electron chi connectivity index (χ4n) is 1.76. The number of carboxylic acid groups (broad SMARTS) is 2. The second kappa shape index (κ2) is 3.96. The van der Waals surface area contributed by atoms with Gasteiger partial charge in [-0.25, -0.2) is 0 Å². The molecule has 0 amide bonds. The zero-order valence-electron chi connectivity index (χ0n) is 8.02. The van der Waals surface area contributed by atoms with Gasteiger partial charge in [0.05, 0.1) is 25.6 Å². The molecule has 2 N–H and O–H groups in total. The Balaban J connectivity index is 2.75. The van der Waals surface area contributed by atoms with E-state index in [9.17, 15) is 9.59 Å². The van der Waals surface area contributed by atoms with Crippen LogP contribution in [-0.4, -0.2) is 35.4 Å². The van der Waals surface area contributed by atoms with Gasteiger partial charge in [-0.2, -0.15) is 0 Å². The molecule has 0 aromatic heterocycles. The summed E-state index contributed by atoms with van der Waals surface area (Å²) in [5.41, 5.74) is -0.468. The van der Waals surface area contributed by atoms with E-state index in [1.165, 1.54) is 0 Å². The second-order valence-corrected chi connectivity index (χ2v) is 3.70. The van der Waals surface area contributed by atoms with Crippen molar-refractivity contribution in [2.24, 2.45) is 11.3 Å². The highest BCUT2D eigenvalue weighted by Crippen LogP contribution is 2.41. The maximum absolute atomic E-state index is 10.9. The van der Waals surface area contributed by atoms with Crippen LogP contribution in [0.25, 0.3) is 0 Å². The zero-order valence-corrected chi connectivity index (χ0v) is 8.02. The lowest BCUT2D eigenvalue weighted by Crippen LogP contribution is -2.51. The molecule has 1 heterocycles. The Morgan fingerprint density at radius 3 is 2.21 bits per heavy atom. The van der Waals surface area contributed by atoms with Crippen molar-refractivity contribution in [3.63, 3.8) is 0 Å². The lowest BCUT2D eigenvalue weighted by molar-refractivity contribution is -0.181. The number of carboxylic acids is 2. The smallest absolute Gasteiger partial charge is 0.307 e. The van der Waals surface area contributed by atoms with Gasteiger partial charge in [0.2, 0.25) is 0 Å². The van der Waals surface area contributed by atoms with E-state index in [1.807, 2.05) is 6.92 Å². The minimum atomic E-state index is -1.07. The Morgan fingerprint density at radius 2 is 2.00 bits per heavy atom. The molecule has 0 spiro atoms. The van der Waals surface area contributed by atoms with Crippen molar-refractivity contribution in [1.82, 2.24) is 0 Å². The molecule has 80 valence electrons. The van der Waals surface area contributed by atoms with E-state index >= 15 is 0 Å². The molecule has 0 saturated carbocycles. The Morgan fingerprint density at radius 1 is 1.43 bits per heavy atom. The van der Waals surface area contributed by atoms with E-state index in [0.717, 1.165) is 0 Å². The van der Waals surface area contributed by atoms with Crippen molar-refractivity contribution in [3.05, 3.63) is 0 Å². The average Bonchev–Trinajstić information content (AvgIpc) is 2.00. The molecule has 0 aliphatic carbocycles. The van der Waals surface area contributed by atoms with Crippen LogP contribution in [0, 0.1) is 11.3 Å². The lowest BCUT2D eigenvalue weighted by atomic mass is 9.70. The first-order valence-corrected chi connectivity index (χ1v) is 4.54. The average molecular weight is 202 g/mol. The molecule has 1 aliphatic rings. The van der Waals surface area contributed by atoms with Gasteiger partial charge in [0.1, 0.15) is 0 Å². The van der Waals surface area contributed by atoms with Crippen LogP contribution in [0.15, 0.2) is 0 Å². The molecule has 14 heavy (non-hydrogen) atoms. The SMILES string of the molecule is CCC1(C(CC(=O)O)C(=O)O)COC1. The monoisotopic (exact) mass is 202 g/mol. The van der Waals surface area contributed by atoms with Crippen molar-refractivity contribution in [3.8, 4) is 0 Å². The number of aliphatic carboxylic acids is 2. The highest BCUT2D eigenvalue weighted by molar-refractivity contribution is 5.78. The number of rotatable bonds is 5. The van der Waals surface area contributed by atoms with Gasteiger partial charge in [-0.3, -0.25) is 9.59 Å². The van der Waals surface area contributed by atoms with Gasteiger partial charge < -0.3 is 14.9 Å². The number of hydrogen-bond donors (Lipinski definition) is 2. The van der Waals surface area contributed by atoms with Crippen LogP contribution in [0.4, 0.5) is 0 Å². The zero-order chi connectivity index (χ0) is 10.8. The molecule has 5 nitrogen and oxygen atoms in total. The molecule has 1 unspecified atom stereocenters. The predicted octanol–water partition coefficient (Wildman–Crippen LogP) is 0.588. The van der Waals surface area contributed by atoms with Gasteiger partial charge in [0.15, 0.2) is 0 Å².